The van der Waals surface area contributed by atoms with Gasteiger partial charge >= 0.3 is 0 Å². The number of carbonyl (C=O) groups excluding carboxylic acids is 1. The first-order valence-corrected chi connectivity index (χ1v) is 20.4. The van der Waals surface area contributed by atoms with Crippen molar-refractivity contribution in [3.05, 3.63) is 42.1 Å². The summed E-state index contributed by atoms with van der Waals surface area (Å²) in [7, 11) is -3.43. The molecule has 1 aliphatic carbocycles. The first-order valence-electron chi connectivity index (χ1n) is 19.0. The zero-order valence-electron chi connectivity index (χ0n) is 30.6. The average Bonchev–Trinajstić information content (AvgIpc) is 3.86. The lowest BCUT2D eigenvalue weighted by Crippen LogP contribution is -2.53. The summed E-state index contributed by atoms with van der Waals surface area (Å²) in [5, 5.41) is 3.39. The number of hydrogen-bond acceptors (Lipinski definition) is 9. The van der Waals surface area contributed by atoms with Crippen molar-refractivity contribution in [2.24, 2.45) is 11.3 Å². The summed E-state index contributed by atoms with van der Waals surface area (Å²) in [6, 6.07) is 4.39. The van der Waals surface area contributed by atoms with E-state index in [0.29, 0.717) is 35.5 Å². The molecule has 4 aliphatic heterocycles. The molecular weight excluding hydrogens is 672 g/mol. The normalized spacial score (nSPS) is 25.8. The highest BCUT2D eigenvalue weighted by Gasteiger charge is 2.45. The maximum atomic E-state index is 14.4. The van der Waals surface area contributed by atoms with E-state index >= 15 is 0 Å². The van der Waals surface area contributed by atoms with Gasteiger partial charge in [0.1, 0.15) is 17.9 Å². The first kappa shape index (κ1) is 36.4. The van der Waals surface area contributed by atoms with Gasteiger partial charge in [0, 0.05) is 62.9 Å². The Morgan fingerprint density at radius 2 is 1.80 bits per heavy atom. The molecule has 2 aromatic rings. The molecule has 1 aromatic heterocycles. The summed E-state index contributed by atoms with van der Waals surface area (Å²) in [6.45, 7) is 14.0. The van der Waals surface area contributed by atoms with E-state index in [-0.39, 0.29) is 41.4 Å². The maximum Gasteiger partial charge on any atom is 0.280 e. The minimum Gasteiger partial charge on any atom is -0.451 e. The van der Waals surface area contributed by atoms with E-state index in [1.165, 1.54) is 24.5 Å². The fourth-order valence-electron chi connectivity index (χ4n) is 9.39. The number of halogens is 1. The Labute approximate surface area is 302 Å². The number of piperidine rings is 1. The molecule has 2 N–H and O–H groups in total. The van der Waals surface area contributed by atoms with Gasteiger partial charge in [-0.3, -0.25) is 4.79 Å². The predicted molar refractivity (Wildman–Crippen MR) is 195 cm³/mol. The van der Waals surface area contributed by atoms with Crippen LogP contribution in [0.3, 0.4) is 0 Å². The first-order chi connectivity index (χ1) is 24.4. The van der Waals surface area contributed by atoms with Gasteiger partial charge in [-0.2, -0.15) is 17.4 Å². The number of amides is 1. The Kier molecular flexibility index (Phi) is 10.6. The Hall–Kier alpha value is -2.91. The van der Waals surface area contributed by atoms with Gasteiger partial charge in [-0.15, -0.1) is 0 Å². The summed E-state index contributed by atoms with van der Waals surface area (Å²) in [6.07, 6.45) is 11.4. The number of nitrogens with zero attached hydrogens (tertiary/aromatic N) is 6. The number of anilines is 1. The highest BCUT2D eigenvalue weighted by Crippen LogP contribution is 2.45. The number of nitrogens with one attached hydrogen (secondary N) is 2. The van der Waals surface area contributed by atoms with Crippen LogP contribution in [0.2, 0.25) is 0 Å². The van der Waals surface area contributed by atoms with Crippen LogP contribution < -0.4 is 19.7 Å². The number of aromatic nitrogens is 2. The fraction of sp³-hybridized carbons (Fsp3) is 0.703. The third kappa shape index (κ3) is 7.90. The summed E-state index contributed by atoms with van der Waals surface area (Å²) >= 11 is 0. The minimum absolute atomic E-state index is 0.0378. The molecule has 14 heteroatoms. The lowest BCUT2D eigenvalue weighted by Gasteiger charge is -2.46. The number of carbonyl (C=O) groups is 1. The highest BCUT2D eigenvalue weighted by atomic mass is 32.2. The van der Waals surface area contributed by atoms with Gasteiger partial charge < -0.3 is 24.8 Å². The molecule has 7 rings (SSSR count). The maximum absolute atomic E-state index is 14.4. The third-order valence-corrected chi connectivity index (χ3v) is 13.8. The van der Waals surface area contributed by atoms with Gasteiger partial charge in [-0.05, 0) is 122 Å². The molecule has 1 spiro atoms. The smallest absolute Gasteiger partial charge is 0.280 e. The Bertz CT molecular complexity index is 1650. The molecular formula is C37H55FN8O4S. The molecule has 1 amide bonds. The van der Waals surface area contributed by atoms with E-state index in [9.17, 15) is 17.6 Å². The van der Waals surface area contributed by atoms with E-state index in [0.717, 1.165) is 90.6 Å². The molecule has 1 saturated carbocycles. The number of fused-ring (bicyclic) bond motifs is 2. The van der Waals surface area contributed by atoms with E-state index in [1.807, 2.05) is 27.7 Å². The zero-order valence-corrected chi connectivity index (χ0v) is 31.4. The predicted octanol–water partition coefficient (Wildman–Crippen LogP) is 4.40. The number of hydrogen-bond donors (Lipinski definition) is 2. The summed E-state index contributed by atoms with van der Waals surface area (Å²) < 4.78 is 51.8. The Morgan fingerprint density at radius 3 is 2.47 bits per heavy atom. The molecule has 51 heavy (non-hydrogen) atoms. The molecule has 3 atom stereocenters. The zero-order chi connectivity index (χ0) is 35.9. The molecule has 5 heterocycles. The molecule has 5 fully saturated rings. The number of likely N-dealkylation sites (tertiary alicyclic amines) is 1. The second-order valence-corrected chi connectivity index (χ2v) is 17.9. The van der Waals surface area contributed by atoms with Gasteiger partial charge in [0.15, 0.2) is 11.6 Å². The van der Waals surface area contributed by atoms with Crippen molar-refractivity contribution in [2.75, 3.05) is 50.7 Å². The van der Waals surface area contributed by atoms with Gasteiger partial charge in [-0.1, -0.05) is 0 Å². The van der Waals surface area contributed by atoms with Gasteiger partial charge in [0.2, 0.25) is 0 Å². The minimum atomic E-state index is -3.43. The van der Waals surface area contributed by atoms with Gasteiger partial charge in [-0.25, -0.2) is 14.4 Å². The molecule has 1 aromatic carbocycles. The van der Waals surface area contributed by atoms with Crippen molar-refractivity contribution in [2.45, 2.75) is 109 Å². The fourth-order valence-corrected chi connectivity index (χ4v) is 11.1. The van der Waals surface area contributed by atoms with Crippen molar-refractivity contribution < 1.29 is 22.3 Å². The van der Waals surface area contributed by atoms with Gasteiger partial charge in [0.25, 0.3) is 16.1 Å². The van der Waals surface area contributed by atoms with Crippen LogP contribution in [0.5, 0.6) is 11.5 Å². The number of rotatable bonds is 11. The van der Waals surface area contributed by atoms with Crippen molar-refractivity contribution in [1.82, 2.24) is 34.1 Å². The van der Waals surface area contributed by atoms with Gasteiger partial charge in [0.05, 0.1) is 11.8 Å². The topological polar surface area (TPSA) is 123 Å². The Morgan fingerprint density at radius 1 is 1.06 bits per heavy atom. The molecule has 0 radical (unpaired) electrons. The van der Waals surface area contributed by atoms with Crippen LogP contribution in [0.15, 0.2) is 30.7 Å². The van der Waals surface area contributed by atoms with Crippen LogP contribution in [0.1, 0.15) is 89.4 Å². The highest BCUT2D eigenvalue weighted by molar-refractivity contribution is 7.87. The van der Waals surface area contributed by atoms with E-state index < -0.39 is 16.0 Å². The molecule has 2 bridgehead atoms. The molecule has 12 nitrogen and oxygen atoms in total. The summed E-state index contributed by atoms with van der Waals surface area (Å²) in [5.41, 5.74) is 0.502. The van der Waals surface area contributed by atoms with E-state index in [2.05, 4.69) is 29.8 Å². The second kappa shape index (κ2) is 14.8. The van der Waals surface area contributed by atoms with Crippen LogP contribution in [0.4, 0.5) is 10.2 Å². The van der Waals surface area contributed by atoms with Crippen LogP contribution >= 0.6 is 0 Å². The van der Waals surface area contributed by atoms with Crippen molar-refractivity contribution in [3.63, 3.8) is 0 Å². The van der Waals surface area contributed by atoms with Crippen molar-refractivity contribution in [1.29, 1.82) is 0 Å². The van der Waals surface area contributed by atoms with Crippen LogP contribution in [0, 0.1) is 17.2 Å². The molecule has 280 valence electrons. The monoisotopic (exact) mass is 726 g/mol. The third-order valence-electron chi connectivity index (χ3n) is 12.1. The van der Waals surface area contributed by atoms with Crippen molar-refractivity contribution >= 4 is 21.9 Å². The van der Waals surface area contributed by atoms with Crippen molar-refractivity contribution in [3.8, 4) is 11.5 Å². The van der Waals surface area contributed by atoms with Crippen LogP contribution in [-0.2, 0) is 10.2 Å². The standard InChI is InChI=1S/C37H55FN8O4S/c1-25(2)46(26(3)4)36(47)32-17-28(38)5-6-33(32)50-34-20-39-24-41-35(34)44-14-9-27(22-44)21-43-15-12-37(13-16-43)10-7-29(8-11-37)42-51(48,49)45-23-30-18-31(45)19-40-30/h5-6,17,20,24-27,29-31,40,42H,7-16,18-19,21-23H2,1-4H3/t27-,30-,31-/m0/s1. The largest absolute Gasteiger partial charge is 0.451 e. The van der Waals surface area contributed by atoms with E-state index in [4.69, 9.17) is 4.74 Å². The summed E-state index contributed by atoms with van der Waals surface area (Å²) in [5.74, 6) is 1.12. The molecule has 4 saturated heterocycles. The average molecular weight is 727 g/mol. The lowest BCUT2D eigenvalue weighted by atomic mass is 9.67. The van der Waals surface area contributed by atoms with E-state index in [1.54, 1.807) is 15.4 Å². The Balaban J connectivity index is 0.914. The molecule has 5 aliphatic rings. The van der Waals surface area contributed by atoms with Crippen LogP contribution in [0.25, 0.3) is 0 Å². The SMILES string of the molecule is CC(C)N(C(=O)c1cc(F)ccc1Oc1cncnc1N1CC[C@@H](CN2CCC3(CCC(NS(=O)(=O)N4C[C@@H]5C[C@H]4CN5)CC3)CC2)C1)C(C)C. The number of ether oxygens (including phenoxy) is 1. The number of piperazine rings is 1. The summed E-state index contributed by atoms with van der Waals surface area (Å²) in [4.78, 5) is 29.0. The van der Waals surface area contributed by atoms with Crippen LogP contribution in [-0.4, -0.2) is 114 Å². The number of benzene rings is 1. The lowest BCUT2D eigenvalue weighted by molar-refractivity contribution is 0.0549. The quantitative estimate of drug-likeness (QED) is 0.347. The molecule has 0 unspecified atom stereocenters. The second-order valence-electron chi connectivity index (χ2n) is 16.2.